The minimum Gasteiger partial charge on any atom is -0.414 e. The summed E-state index contributed by atoms with van der Waals surface area (Å²) in [5.74, 6) is 1.57. The Balaban J connectivity index is 3.89. The zero-order valence-corrected chi connectivity index (χ0v) is 20.2. The fourth-order valence-corrected chi connectivity index (χ4v) is 4.71. The lowest BCUT2D eigenvalue weighted by Gasteiger charge is -2.40. The minimum atomic E-state index is -1.62. The van der Waals surface area contributed by atoms with Gasteiger partial charge in [0.1, 0.15) is 0 Å². The second-order valence-electron chi connectivity index (χ2n) is 10.2. The molecule has 0 aromatic rings. The standard InChI is InChI=1S/C23H50OSi/c1-10-11-12-13-14-15-17-20(2)18-16-19-21(3)22(4)24-25(8,9)23(5,6)7/h20-22H,10-19H2,1-9H3/t20-,21-,22+/m0/s1. The Labute approximate surface area is 161 Å². The van der Waals surface area contributed by atoms with Crippen LogP contribution in [0.3, 0.4) is 0 Å². The van der Waals surface area contributed by atoms with Crippen molar-refractivity contribution < 1.29 is 4.43 Å². The predicted molar refractivity (Wildman–Crippen MR) is 118 cm³/mol. The number of rotatable bonds is 14. The van der Waals surface area contributed by atoms with E-state index in [9.17, 15) is 0 Å². The highest BCUT2D eigenvalue weighted by atomic mass is 28.4. The monoisotopic (exact) mass is 370 g/mol. The smallest absolute Gasteiger partial charge is 0.192 e. The summed E-state index contributed by atoms with van der Waals surface area (Å²) in [6, 6.07) is 0. The van der Waals surface area contributed by atoms with Gasteiger partial charge in [0.05, 0.1) is 0 Å². The molecule has 0 saturated heterocycles. The quantitative estimate of drug-likeness (QED) is 0.220. The summed E-state index contributed by atoms with van der Waals surface area (Å²) in [6.07, 6.45) is 14.4. The Morgan fingerprint density at radius 2 is 1.28 bits per heavy atom. The molecule has 0 unspecified atom stereocenters. The number of unbranched alkanes of at least 4 members (excludes halogenated alkanes) is 5. The molecule has 0 radical (unpaired) electrons. The first-order valence-corrected chi connectivity index (χ1v) is 14.1. The van der Waals surface area contributed by atoms with Gasteiger partial charge >= 0.3 is 0 Å². The molecule has 0 N–H and O–H groups in total. The third-order valence-corrected chi connectivity index (χ3v) is 11.1. The molecule has 0 aromatic carbocycles. The molecule has 152 valence electrons. The van der Waals surface area contributed by atoms with Crippen LogP contribution < -0.4 is 0 Å². The Hall–Kier alpha value is 0.177. The molecule has 0 aliphatic rings. The molecular weight excluding hydrogens is 320 g/mol. The minimum absolute atomic E-state index is 0.312. The molecule has 0 amide bonds. The average molecular weight is 371 g/mol. The molecular formula is C23H50OSi. The SMILES string of the molecule is CCCCCCCC[C@H](C)CCC[C@H](C)[C@@H](C)O[Si](C)(C)C(C)(C)C. The van der Waals surface area contributed by atoms with Crippen molar-refractivity contribution >= 4 is 8.32 Å². The zero-order chi connectivity index (χ0) is 19.5. The highest BCUT2D eigenvalue weighted by Crippen LogP contribution is 2.38. The van der Waals surface area contributed by atoms with E-state index in [4.69, 9.17) is 4.43 Å². The van der Waals surface area contributed by atoms with E-state index in [-0.39, 0.29) is 0 Å². The van der Waals surface area contributed by atoms with Gasteiger partial charge in [-0.1, -0.05) is 99.3 Å². The maximum atomic E-state index is 6.57. The lowest BCUT2D eigenvalue weighted by atomic mass is 9.93. The van der Waals surface area contributed by atoms with E-state index in [1.165, 1.54) is 64.2 Å². The van der Waals surface area contributed by atoms with Gasteiger partial charge in [0.15, 0.2) is 8.32 Å². The molecule has 0 aliphatic carbocycles. The van der Waals surface area contributed by atoms with Crippen molar-refractivity contribution in [3.05, 3.63) is 0 Å². The van der Waals surface area contributed by atoms with E-state index in [1.807, 2.05) is 0 Å². The molecule has 2 heteroatoms. The first-order valence-electron chi connectivity index (χ1n) is 11.2. The summed E-state index contributed by atoms with van der Waals surface area (Å²) in [6.45, 7) is 21.2. The van der Waals surface area contributed by atoms with Crippen LogP contribution in [0, 0.1) is 11.8 Å². The van der Waals surface area contributed by atoms with Crippen molar-refractivity contribution in [2.45, 2.75) is 137 Å². The van der Waals surface area contributed by atoms with Crippen LogP contribution in [0.4, 0.5) is 0 Å². The second-order valence-corrected chi connectivity index (χ2v) is 14.9. The molecule has 1 nitrogen and oxygen atoms in total. The van der Waals surface area contributed by atoms with Gasteiger partial charge in [-0.15, -0.1) is 0 Å². The molecule has 0 aliphatic heterocycles. The van der Waals surface area contributed by atoms with Gasteiger partial charge in [-0.2, -0.15) is 0 Å². The van der Waals surface area contributed by atoms with Crippen LogP contribution in [0.1, 0.15) is 113 Å². The van der Waals surface area contributed by atoms with Crippen LogP contribution in [0.15, 0.2) is 0 Å². The van der Waals surface area contributed by atoms with E-state index >= 15 is 0 Å². The normalized spacial score (nSPS) is 16.7. The average Bonchev–Trinajstić information content (AvgIpc) is 2.49. The lowest BCUT2D eigenvalue weighted by Crippen LogP contribution is -2.44. The third-order valence-electron chi connectivity index (χ3n) is 6.49. The third kappa shape index (κ3) is 11.5. The van der Waals surface area contributed by atoms with Crippen molar-refractivity contribution in [2.24, 2.45) is 11.8 Å². The van der Waals surface area contributed by atoms with Crippen LogP contribution >= 0.6 is 0 Å². The molecule has 0 spiro atoms. The molecule has 0 rings (SSSR count). The highest BCUT2D eigenvalue weighted by molar-refractivity contribution is 6.74. The van der Waals surface area contributed by atoms with Gasteiger partial charge < -0.3 is 4.43 Å². The van der Waals surface area contributed by atoms with Gasteiger partial charge in [-0.05, 0) is 43.3 Å². The summed E-state index contributed by atoms with van der Waals surface area (Å²) < 4.78 is 6.57. The Morgan fingerprint density at radius 1 is 0.760 bits per heavy atom. The summed E-state index contributed by atoms with van der Waals surface area (Å²) in [5, 5.41) is 0.312. The zero-order valence-electron chi connectivity index (χ0n) is 19.2. The van der Waals surface area contributed by atoms with Gasteiger partial charge in [-0.25, -0.2) is 0 Å². The van der Waals surface area contributed by atoms with Gasteiger partial charge in [0, 0.05) is 6.10 Å². The van der Waals surface area contributed by atoms with Gasteiger partial charge in [0.2, 0.25) is 0 Å². The van der Waals surface area contributed by atoms with Crippen LogP contribution in [0.5, 0.6) is 0 Å². The fraction of sp³-hybridized carbons (Fsp3) is 1.00. The van der Waals surface area contributed by atoms with Crippen LogP contribution in [-0.2, 0) is 4.43 Å². The van der Waals surface area contributed by atoms with Crippen molar-refractivity contribution in [1.29, 1.82) is 0 Å². The second kappa shape index (κ2) is 12.5. The maximum absolute atomic E-state index is 6.57. The topological polar surface area (TPSA) is 9.23 Å². The summed E-state index contributed by atoms with van der Waals surface area (Å²) in [4.78, 5) is 0. The molecule has 0 saturated carbocycles. The lowest BCUT2D eigenvalue weighted by molar-refractivity contribution is 0.135. The maximum Gasteiger partial charge on any atom is 0.192 e. The van der Waals surface area contributed by atoms with E-state index in [1.54, 1.807) is 0 Å². The summed E-state index contributed by atoms with van der Waals surface area (Å²) >= 11 is 0. The Bertz CT molecular complexity index is 319. The van der Waals surface area contributed by atoms with Gasteiger partial charge in [-0.3, -0.25) is 0 Å². The largest absolute Gasteiger partial charge is 0.414 e. The number of hydrogen-bond acceptors (Lipinski definition) is 1. The van der Waals surface area contributed by atoms with E-state index in [2.05, 4.69) is 61.6 Å². The molecule has 3 atom stereocenters. The van der Waals surface area contributed by atoms with Crippen LogP contribution in [-0.4, -0.2) is 14.4 Å². The number of hydrogen-bond donors (Lipinski definition) is 0. The van der Waals surface area contributed by atoms with E-state index < -0.39 is 8.32 Å². The predicted octanol–water partition coefficient (Wildman–Crippen LogP) is 8.59. The summed E-state index contributed by atoms with van der Waals surface area (Å²) in [7, 11) is -1.62. The van der Waals surface area contributed by atoms with E-state index in [0.717, 1.165) is 5.92 Å². The molecule has 0 fully saturated rings. The van der Waals surface area contributed by atoms with Crippen molar-refractivity contribution in [3.8, 4) is 0 Å². The van der Waals surface area contributed by atoms with Crippen molar-refractivity contribution in [1.82, 2.24) is 0 Å². The van der Waals surface area contributed by atoms with Crippen LogP contribution in [0.2, 0.25) is 18.1 Å². The molecule has 25 heavy (non-hydrogen) atoms. The first-order chi connectivity index (χ1) is 11.5. The molecule has 0 aromatic heterocycles. The van der Waals surface area contributed by atoms with E-state index in [0.29, 0.717) is 17.1 Å². The molecule has 0 heterocycles. The first kappa shape index (κ1) is 25.2. The summed E-state index contributed by atoms with van der Waals surface area (Å²) in [5.41, 5.74) is 0. The Morgan fingerprint density at radius 3 is 1.84 bits per heavy atom. The van der Waals surface area contributed by atoms with Crippen LogP contribution in [0.25, 0.3) is 0 Å². The molecule has 0 bridgehead atoms. The van der Waals surface area contributed by atoms with Gasteiger partial charge in [0.25, 0.3) is 0 Å². The highest BCUT2D eigenvalue weighted by Gasteiger charge is 2.39. The van der Waals surface area contributed by atoms with Crippen molar-refractivity contribution in [3.63, 3.8) is 0 Å². The van der Waals surface area contributed by atoms with Crippen molar-refractivity contribution in [2.75, 3.05) is 0 Å². The fourth-order valence-electron chi connectivity index (χ4n) is 3.20. The Kier molecular flexibility index (Phi) is 12.6.